The number of hydrogen-bond donors (Lipinski definition) is 2. The van der Waals surface area contributed by atoms with Crippen molar-refractivity contribution < 1.29 is 24.2 Å². The Morgan fingerprint density at radius 3 is 2.11 bits per heavy atom. The van der Waals surface area contributed by atoms with E-state index in [9.17, 15) is 5.21 Å². The lowest BCUT2D eigenvalue weighted by Gasteiger charge is -2.33. The Hall–Kier alpha value is -3.80. The summed E-state index contributed by atoms with van der Waals surface area (Å²) < 4.78 is 21.8. The molecular formula is C26H32N6O5. The number of aromatic nitrogens is 2. The van der Waals surface area contributed by atoms with Crippen molar-refractivity contribution in [2.45, 2.75) is 0 Å². The molecule has 0 saturated carbocycles. The van der Waals surface area contributed by atoms with Crippen molar-refractivity contribution in [2.75, 3.05) is 87.0 Å². The van der Waals surface area contributed by atoms with E-state index in [-0.39, 0.29) is 0 Å². The fourth-order valence-corrected chi connectivity index (χ4v) is 4.42. The molecule has 11 heteroatoms. The van der Waals surface area contributed by atoms with Gasteiger partial charge in [-0.25, -0.2) is 10.0 Å². The molecule has 0 unspecified atom stereocenters. The van der Waals surface area contributed by atoms with E-state index in [0.717, 1.165) is 48.3 Å². The first-order valence-corrected chi connectivity index (χ1v) is 12.3. The second kappa shape index (κ2) is 11.5. The Bertz CT molecular complexity index is 1160. The maximum Gasteiger partial charge on any atom is 0.229 e. The van der Waals surface area contributed by atoms with E-state index in [1.807, 2.05) is 0 Å². The van der Waals surface area contributed by atoms with E-state index in [1.165, 1.54) is 7.11 Å². The Morgan fingerprint density at radius 2 is 1.51 bits per heavy atom. The highest BCUT2D eigenvalue weighted by Crippen LogP contribution is 2.35. The standard InChI is InChI=1S/C26H32N6O5/c1-34-22-3-4-23(24(18-22)35-2)32(33)25-5-6-27-26(29-25)28-19-15-20(30-7-11-36-12-8-30)17-21(16-19)31-9-13-37-14-10-31/h3-6,15-18,33H,7-14H2,1-2H3,(H,27,28,29). The fourth-order valence-electron chi connectivity index (χ4n) is 4.42. The summed E-state index contributed by atoms with van der Waals surface area (Å²) in [6.07, 6.45) is 1.60. The highest BCUT2D eigenvalue weighted by molar-refractivity contribution is 5.72. The molecule has 2 aliphatic heterocycles. The Kier molecular flexibility index (Phi) is 7.73. The predicted molar refractivity (Wildman–Crippen MR) is 141 cm³/mol. The summed E-state index contributed by atoms with van der Waals surface area (Å²) in [5, 5.41) is 15.2. The average Bonchev–Trinajstić information content (AvgIpc) is 2.97. The number of anilines is 6. The van der Waals surface area contributed by atoms with Gasteiger partial charge in [-0.1, -0.05) is 0 Å². The molecule has 37 heavy (non-hydrogen) atoms. The third-order valence-electron chi connectivity index (χ3n) is 6.38. The second-order valence-corrected chi connectivity index (χ2v) is 8.65. The normalized spacial score (nSPS) is 15.9. The van der Waals surface area contributed by atoms with Crippen LogP contribution < -0.4 is 29.7 Å². The minimum absolute atomic E-state index is 0.290. The van der Waals surface area contributed by atoms with Crippen LogP contribution in [-0.4, -0.2) is 82.0 Å². The molecule has 11 nitrogen and oxygen atoms in total. The number of methoxy groups -OCH3 is 2. The molecule has 1 aromatic heterocycles. The van der Waals surface area contributed by atoms with E-state index >= 15 is 0 Å². The van der Waals surface area contributed by atoms with E-state index in [1.54, 1.807) is 37.6 Å². The zero-order chi connectivity index (χ0) is 25.6. The molecule has 0 radical (unpaired) electrons. The predicted octanol–water partition coefficient (Wildman–Crippen LogP) is 3.44. The van der Waals surface area contributed by atoms with Gasteiger partial charge in [0.05, 0.1) is 40.6 Å². The summed E-state index contributed by atoms with van der Waals surface area (Å²) in [6.45, 7) is 6.16. The van der Waals surface area contributed by atoms with Crippen LogP contribution in [0.4, 0.5) is 34.5 Å². The number of benzene rings is 2. The molecule has 3 heterocycles. The van der Waals surface area contributed by atoms with Gasteiger partial charge >= 0.3 is 0 Å². The topological polar surface area (TPSA) is 105 Å². The summed E-state index contributed by atoms with van der Waals surface area (Å²) in [5.74, 6) is 1.72. The van der Waals surface area contributed by atoms with Crippen LogP contribution in [0, 0.1) is 0 Å². The number of nitrogens with zero attached hydrogens (tertiary/aromatic N) is 5. The van der Waals surface area contributed by atoms with Gasteiger partial charge in [-0.15, -0.1) is 0 Å². The van der Waals surface area contributed by atoms with Crippen molar-refractivity contribution in [3.8, 4) is 11.5 Å². The molecule has 0 aliphatic carbocycles. The van der Waals surface area contributed by atoms with Crippen LogP contribution in [0.3, 0.4) is 0 Å². The van der Waals surface area contributed by atoms with Gasteiger partial charge < -0.3 is 34.1 Å². The summed E-state index contributed by atoms with van der Waals surface area (Å²) in [4.78, 5) is 13.6. The summed E-state index contributed by atoms with van der Waals surface area (Å²) in [5.41, 5.74) is 3.50. The van der Waals surface area contributed by atoms with Crippen molar-refractivity contribution in [1.82, 2.24) is 9.97 Å². The number of rotatable bonds is 8. The SMILES string of the molecule is COc1ccc(N(O)c2ccnc(Nc3cc(N4CCOCC4)cc(N4CCOCC4)c3)n2)c(OC)c1. The minimum atomic E-state index is 0.290. The van der Waals surface area contributed by atoms with Gasteiger partial charge in [0.15, 0.2) is 5.82 Å². The Morgan fingerprint density at radius 1 is 0.865 bits per heavy atom. The lowest BCUT2D eigenvalue weighted by atomic mass is 10.2. The Labute approximate surface area is 216 Å². The van der Waals surface area contributed by atoms with Crippen LogP contribution >= 0.6 is 0 Å². The molecule has 0 bridgehead atoms. The number of morpholine rings is 2. The fraction of sp³-hybridized carbons (Fsp3) is 0.385. The van der Waals surface area contributed by atoms with Gasteiger partial charge in [-0.05, 0) is 30.3 Å². The van der Waals surface area contributed by atoms with Crippen molar-refractivity contribution in [3.05, 3.63) is 48.7 Å². The smallest absolute Gasteiger partial charge is 0.229 e. The van der Waals surface area contributed by atoms with Crippen molar-refractivity contribution in [3.63, 3.8) is 0 Å². The van der Waals surface area contributed by atoms with Crippen LogP contribution in [-0.2, 0) is 9.47 Å². The largest absolute Gasteiger partial charge is 0.497 e. The third kappa shape index (κ3) is 5.79. The molecule has 2 fully saturated rings. The molecular weight excluding hydrogens is 476 g/mol. The zero-order valence-electron chi connectivity index (χ0n) is 21.1. The lowest BCUT2D eigenvalue weighted by molar-refractivity contribution is 0.122. The highest BCUT2D eigenvalue weighted by atomic mass is 16.5. The first-order valence-electron chi connectivity index (χ1n) is 12.3. The average molecular weight is 509 g/mol. The lowest BCUT2D eigenvalue weighted by Crippen LogP contribution is -2.38. The molecule has 2 aromatic carbocycles. The monoisotopic (exact) mass is 508 g/mol. The molecule has 0 spiro atoms. The van der Waals surface area contributed by atoms with Crippen LogP contribution in [0.5, 0.6) is 11.5 Å². The first-order chi connectivity index (χ1) is 18.1. The molecule has 0 atom stereocenters. The van der Waals surface area contributed by atoms with Crippen LogP contribution in [0.2, 0.25) is 0 Å². The van der Waals surface area contributed by atoms with Crippen molar-refractivity contribution in [2.24, 2.45) is 0 Å². The molecule has 2 aliphatic rings. The van der Waals surface area contributed by atoms with Crippen molar-refractivity contribution in [1.29, 1.82) is 0 Å². The van der Waals surface area contributed by atoms with Gasteiger partial charge in [0, 0.05) is 61.6 Å². The quantitative estimate of drug-likeness (QED) is 0.437. The van der Waals surface area contributed by atoms with Gasteiger partial charge in [0.1, 0.15) is 17.2 Å². The molecule has 3 aromatic rings. The molecule has 196 valence electrons. The molecule has 5 rings (SSSR count). The summed E-state index contributed by atoms with van der Waals surface area (Å²) in [6, 6.07) is 13.2. The van der Waals surface area contributed by atoms with Gasteiger partial charge in [-0.2, -0.15) is 4.98 Å². The van der Waals surface area contributed by atoms with Crippen molar-refractivity contribution >= 4 is 34.5 Å². The maximum absolute atomic E-state index is 10.9. The van der Waals surface area contributed by atoms with Gasteiger partial charge in [-0.3, -0.25) is 5.21 Å². The van der Waals surface area contributed by atoms with Crippen LogP contribution in [0.25, 0.3) is 0 Å². The highest BCUT2D eigenvalue weighted by Gasteiger charge is 2.19. The molecule has 2 N–H and O–H groups in total. The van der Waals surface area contributed by atoms with Gasteiger partial charge in [0.2, 0.25) is 5.95 Å². The number of ether oxygens (including phenoxy) is 4. The number of hydrogen-bond acceptors (Lipinski definition) is 11. The van der Waals surface area contributed by atoms with E-state index in [4.69, 9.17) is 18.9 Å². The van der Waals surface area contributed by atoms with E-state index in [0.29, 0.717) is 55.4 Å². The van der Waals surface area contributed by atoms with Crippen LogP contribution in [0.1, 0.15) is 0 Å². The van der Waals surface area contributed by atoms with E-state index in [2.05, 4.69) is 43.3 Å². The molecule has 2 saturated heterocycles. The zero-order valence-corrected chi connectivity index (χ0v) is 21.1. The minimum Gasteiger partial charge on any atom is -0.497 e. The number of nitrogens with one attached hydrogen (secondary N) is 1. The summed E-state index contributed by atoms with van der Waals surface area (Å²) >= 11 is 0. The van der Waals surface area contributed by atoms with Gasteiger partial charge in [0.25, 0.3) is 0 Å². The first kappa shape index (κ1) is 24.9. The molecule has 0 amide bonds. The third-order valence-corrected chi connectivity index (χ3v) is 6.38. The summed E-state index contributed by atoms with van der Waals surface area (Å²) in [7, 11) is 3.11. The Balaban J connectivity index is 1.42. The van der Waals surface area contributed by atoms with Crippen LogP contribution in [0.15, 0.2) is 48.7 Å². The maximum atomic E-state index is 10.9. The van der Waals surface area contributed by atoms with E-state index < -0.39 is 0 Å². The second-order valence-electron chi connectivity index (χ2n) is 8.65.